The fourth-order valence-electron chi connectivity index (χ4n) is 4.56. The van der Waals surface area contributed by atoms with E-state index < -0.39 is 54.5 Å². The maximum Gasteiger partial charge on any atom is 0.514 e. The molecular formula is C31H49NO10. The third-order valence-electron chi connectivity index (χ3n) is 7.01. The van der Waals surface area contributed by atoms with E-state index in [4.69, 9.17) is 29.4 Å². The number of hydrogen-bond acceptors (Lipinski definition) is 10. The summed E-state index contributed by atoms with van der Waals surface area (Å²) < 4.78 is 27.0. The molecule has 0 bridgehead atoms. The van der Waals surface area contributed by atoms with Crippen LogP contribution in [0, 0.1) is 5.92 Å². The van der Waals surface area contributed by atoms with Gasteiger partial charge < -0.3 is 34.5 Å². The van der Waals surface area contributed by atoms with Gasteiger partial charge in [0.15, 0.2) is 11.5 Å². The van der Waals surface area contributed by atoms with Gasteiger partial charge in [-0.25, -0.2) is 9.59 Å². The smallest absolute Gasteiger partial charge is 0.480 e. The lowest BCUT2D eigenvalue weighted by Crippen LogP contribution is -2.42. The number of hydrogen-bond donors (Lipinski definition) is 2. The molecule has 1 rings (SSSR count). The number of benzene rings is 1. The van der Waals surface area contributed by atoms with Crippen LogP contribution in [0.3, 0.4) is 0 Å². The summed E-state index contributed by atoms with van der Waals surface area (Å²) in [5.41, 5.74) is 6.51. The summed E-state index contributed by atoms with van der Waals surface area (Å²) >= 11 is 0. The molecule has 0 radical (unpaired) electrons. The SMILES string of the molecule is CCCCCC(=O)OC(C)C(C)C(c1ccc(OC(=O)OC(C)CCC)c(OC(=O)OC(C)CCC)c1)[C@H](N)C(=O)O. The highest BCUT2D eigenvalue weighted by Gasteiger charge is 2.36. The van der Waals surface area contributed by atoms with Gasteiger partial charge in [0.25, 0.3) is 0 Å². The number of unbranched alkanes of at least 4 members (excludes halogenated alkanes) is 2. The second-order valence-electron chi connectivity index (χ2n) is 10.7. The third-order valence-corrected chi connectivity index (χ3v) is 7.01. The molecule has 11 heteroatoms. The lowest BCUT2D eigenvalue weighted by Gasteiger charge is -2.32. The van der Waals surface area contributed by atoms with Crippen LogP contribution < -0.4 is 15.2 Å². The average Bonchev–Trinajstić information content (AvgIpc) is 2.90. The minimum absolute atomic E-state index is 0.127. The van der Waals surface area contributed by atoms with Gasteiger partial charge in [-0.05, 0) is 57.7 Å². The standard InChI is InChI=1S/C31H49NO10/c1-8-11-12-15-26(33)40-22(7)21(6)27(28(32)29(34)35)23-16-17-24(41-30(36)38-19(4)13-9-2)25(18-23)42-31(37)39-20(5)14-10-3/h16-22,27-28H,8-15,32H2,1-7H3,(H,34,35)/t19?,20?,21?,22?,27?,28-/m0/s1. The predicted molar refractivity (Wildman–Crippen MR) is 157 cm³/mol. The fraction of sp³-hybridized carbons (Fsp3) is 0.677. The van der Waals surface area contributed by atoms with Crippen molar-refractivity contribution in [3.8, 4) is 11.5 Å². The molecule has 238 valence electrons. The molecule has 42 heavy (non-hydrogen) atoms. The van der Waals surface area contributed by atoms with E-state index in [1.165, 1.54) is 18.2 Å². The van der Waals surface area contributed by atoms with Crippen molar-refractivity contribution in [2.24, 2.45) is 11.7 Å². The minimum atomic E-state index is -1.39. The number of carboxylic acid groups (broad SMARTS) is 1. The van der Waals surface area contributed by atoms with Gasteiger partial charge in [0.05, 0.1) is 0 Å². The van der Waals surface area contributed by atoms with Crippen LogP contribution in [0.2, 0.25) is 0 Å². The third kappa shape index (κ3) is 12.7. The normalized spacial score (nSPS) is 15.3. The predicted octanol–water partition coefficient (Wildman–Crippen LogP) is 6.74. The first kappa shape index (κ1) is 36.7. The van der Waals surface area contributed by atoms with E-state index in [0.29, 0.717) is 24.8 Å². The Balaban J connectivity index is 3.39. The number of carbonyl (C=O) groups is 4. The molecule has 5 unspecified atom stereocenters. The molecule has 0 aliphatic rings. The van der Waals surface area contributed by atoms with Crippen molar-refractivity contribution in [2.75, 3.05) is 0 Å². The Kier molecular flexibility index (Phi) is 16.6. The second-order valence-corrected chi connectivity index (χ2v) is 10.7. The van der Waals surface area contributed by atoms with E-state index in [2.05, 4.69) is 0 Å². The summed E-state index contributed by atoms with van der Waals surface area (Å²) in [7, 11) is 0. The van der Waals surface area contributed by atoms with Crippen molar-refractivity contribution in [1.82, 2.24) is 0 Å². The van der Waals surface area contributed by atoms with Crippen molar-refractivity contribution in [2.45, 2.75) is 130 Å². The first-order chi connectivity index (χ1) is 19.8. The Labute approximate surface area is 249 Å². The number of carbonyl (C=O) groups excluding carboxylic acids is 3. The summed E-state index contributed by atoms with van der Waals surface area (Å²) in [5, 5.41) is 9.81. The van der Waals surface area contributed by atoms with Gasteiger partial charge in [-0.15, -0.1) is 0 Å². The maximum absolute atomic E-state index is 12.6. The fourth-order valence-corrected chi connectivity index (χ4v) is 4.56. The molecule has 0 saturated carbocycles. The van der Waals surface area contributed by atoms with Gasteiger partial charge in [-0.3, -0.25) is 9.59 Å². The highest BCUT2D eigenvalue weighted by atomic mass is 16.7. The van der Waals surface area contributed by atoms with Gasteiger partial charge in [0.2, 0.25) is 0 Å². The number of esters is 1. The van der Waals surface area contributed by atoms with Gasteiger partial charge in [0, 0.05) is 18.3 Å². The number of rotatable bonds is 18. The van der Waals surface area contributed by atoms with Crippen LogP contribution in [0.15, 0.2) is 18.2 Å². The van der Waals surface area contributed by atoms with Crippen LogP contribution >= 0.6 is 0 Å². The largest absolute Gasteiger partial charge is 0.514 e. The van der Waals surface area contributed by atoms with Gasteiger partial charge in [-0.1, -0.05) is 59.4 Å². The molecule has 0 heterocycles. The van der Waals surface area contributed by atoms with Gasteiger partial charge >= 0.3 is 24.2 Å². The van der Waals surface area contributed by atoms with Crippen molar-refractivity contribution < 1.29 is 48.0 Å². The zero-order chi connectivity index (χ0) is 31.8. The van der Waals surface area contributed by atoms with E-state index >= 15 is 0 Å². The molecule has 1 aromatic rings. The van der Waals surface area contributed by atoms with E-state index in [0.717, 1.165) is 25.7 Å². The van der Waals surface area contributed by atoms with Crippen molar-refractivity contribution in [3.05, 3.63) is 23.8 Å². The number of nitrogens with two attached hydrogens (primary N) is 1. The van der Waals surface area contributed by atoms with E-state index in [-0.39, 0.29) is 23.9 Å². The highest BCUT2D eigenvalue weighted by molar-refractivity contribution is 5.75. The minimum Gasteiger partial charge on any atom is -0.480 e. The zero-order valence-electron chi connectivity index (χ0n) is 26.1. The lowest BCUT2D eigenvalue weighted by molar-refractivity contribution is -0.151. The molecule has 11 nitrogen and oxygen atoms in total. The molecule has 0 amide bonds. The lowest BCUT2D eigenvalue weighted by atomic mass is 9.79. The molecule has 0 fully saturated rings. The molecular weight excluding hydrogens is 546 g/mol. The molecule has 0 saturated heterocycles. The first-order valence-electron chi connectivity index (χ1n) is 14.9. The van der Waals surface area contributed by atoms with Crippen LogP contribution in [-0.2, 0) is 23.8 Å². The Morgan fingerprint density at radius 3 is 1.83 bits per heavy atom. The highest BCUT2D eigenvalue weighted by Crippen LogP contribution is 2.37. The Morgan fingerprint density at radius 2 is 1.33 bits per heavy atom. The zero-order valence-corrected chi connectivity index (χ0v) is 26.1. The summed E-state index contributed by atoms with van der Waals surface area (Å²) in [5.74, 6) is -3.37. The molecule has 1 aromatic carbocycles. The van der Waals surface area contributed by atoms with Crippen molar-refractivity contribution >= 4 is 24.2 Å². The van der Waals surface area contributed by atoms with Crippen LogP contribution in [0.25, 0.3) is 0 Å². The van der Waals surface area contributed by atoms with Gasteiger partial charge in [-0.2, -0.15) is 0 Å². The second kappa shape index (κ2) is 19.0. The Morgan fingerprint density at radius 1 is 0.786 bits per heavy atom. The Hall–Kier alpha value is -3.34. The topological polar surface area (TPSA) is 161 Å². The molecule has 0 aliphatic heterocycles. The summed E-state index contributed by atoms with van der Waals surface area (Å²) in [6.07, 6.45) is 2.14. The Bertz CT molecular complexity index is 1010. The molecule has 6 atom stereocenters. The number of ether oxygens (including phenoxy) is 5. The van der Waals surface area contributed by atoms with E-state index in [9.17, 15) is 24.3 Å². The van der Waals surface area contributed by atoms with Crippen LogP contribution in [0.4, 0.5) is 9.59 Å². The number of carboxylic acids is 1. The molecule has 3 N–H and O–H groups in total. The average molecular weight is 596 g/mol. The van der Waals surface area contributed by atoms with Crippen molar-refractivity contribution in [3.63, 3.8) is 0 Å². The van der Waals surface area contributed by atoms with Crippen LogP contribution in [0.5, 0.6) is 11.5 Å². The summed E-state index contributed by atoms with van der Waals surface area (Å²) in [6.45, 7) is 12.8. The van der Waals surface area contributed by atoms with Crippen molar-refractivity contribution in [1.29, 1.82) is 0 Å². The van der Waals surface area contributed by atoms with E-state index in [1.807, 2.05) is 20.8 Å². The quantitative estimate of drug-likeness (QED) is 0.0800. The first-order valence-corrected chi connectivity index (χ1v) is 14.9. The van der Waals surface area contributed by atoms with E-state index in [1.54, 1.807) is 27.7 Å². The monoisotopic (exact) mass is 595 g/mol. The number of aliphatic carboxylic acids is 1. The summed E-state index contributed by atoms with van der Waals surface area (Å²) in [4.78, 5) is 49.4. The van der Waals surface area contributed by atoms with Crippen LogP contribution in [-0.4, -0.2) is 53.7 Å². The molecule has 0 spiro atoms. The van der Waals surface area contributed by atoms with Crippen LogP contribution in [0.1, 0.15) is 111 Å². The van der Waals surface area contributed by atoms with Gasteiger partial charge in [0.1, 0.15) is 24.4 Å². The maximum atomic E-state index is 12.6. The molecule has 0 aromatic heterocycles. The summed E-state index contributed by atoms with van der Waals surface area (Å²) in [6, 6.07) is 2.88. The molecule has 0 aliphatic carbocycles.